The van der Waals surface area contributed by atoms with Gasteiger partial charge < -0.3 is 33.7 Å². The van der Waals surface area contributed by atoms with Crippen molar-refractivity contribution in [1.29, 1.82) is 0 Å². The van der Waals surface area contributed by atoms with Crippen LogP contribution in [0.25, 0.3) is 0 Å². The maximum Gasteiger partial charge on any atom is 0.347 e. The first kappa shape index (κ1) is 30.4. The Kier molecular flexibility index (Phi) is 8.39. The lowest BCUT2D eigenvalue weighted by Crippen LogP contribution is -2.67. The van der Waals surface area contributed by atoms with Crippen molar-refractivity contribution in [2.24, 2.45) is 16.7 Å². The second-order valence-corrected chi connectivity index (χ2v) is 12.4. The zero-order valence-electron chi connectivity index (χ0n) is 24.9. The van der Waals surface area contributed by atoms with E-state index in [4.69, 9.17) is 28.4 Å². The predicted octanol–water partition coefficient (Wildman–Crippen LogP) is 2.33. The second kappa shape index (κ2) is 11.6. The van der Waals surface area contributed by atoms with Gasteiger partial charge in [-0.15, -0.1) is 0 Å². The number of esters is 4. The maximum absolute atomic E-state index is 13.7. The Bertz CT molecular complexity index is 1200. The number of ether oxygens (including phenoxy) is 6. The van der Waals surface area contributed by atoms with E-state index < -0.39 is 70.6 Å². The summed E-state index contributed by atoms with van der Waals surface area (Å²) in [6.45, 7) is 7.89. The van der Waals surface area contributed by atoms with Crippen molar-refractivity contribution in [2.75, 3.05) is 26.9 Å². The lowest BCUT2D eigenvalue weighted by molar-refractivity contribution is -0.235. The minimum atomic E-state index is -1.23. The average molecular weight is 588 g/mol. The van der Waals surface area contributed by atoms with Crippen molar-refractivity contribution in [3.8, 4) is 0 Å². The molecular weight excluding hydrogens is 546 g/mol. The third kappa shape index (κ3) is 5.09. The third-order valence-electron chi connectivity index (χ3n) is 10.1. The number of likely N-dealkylation sites (N-methyl/N-ethyl adjacent to an activating group) is 1. The molecule has 0 amide bonds. The highest BCUT2D eigenvalue weighted by Crippen LogP contribution is 2.72. The molecule has 3 fully saturated rings. The highest BCUT2D eigenvalue weighted by Gasteiger charge is 2.83. The molecule has 11 heteroatoms. The van der Waals surface area contributed by atoms with Crippen molar-refractivity contribution < 1.29 is 47.6 Å². The average Bonchev–Trinajstić information content (AvgIpc) is 3.74. The smallest absolute Gasteiger partial charge is 0.347 e. The lowest BCUT2D eigenvalue weighted by Gasteiger charge is -2.58. The molecule has 5 rings (SSSR count). The van der Waals surface area contributed by atoms with Gasteiger partial charge in [-0.1, -0.05) is 37.6 Å². The van der Waals surface area contributed by atoms with Crippen LogP contribution >= 0.6 is 0 Å². The largest absolute Gasteiger partial charge is 0.463 e. The number of cyclic esters (lactones) is 2. The van der Waals surface area contributed by atoms with Crippen molar-refractivity contribution in [3.63, 3.8) is 0 Å². The number of carbonyl (C=O) groups is 4. The number of carbonyl (C=O) groups excluding carboxylic acids is 4. The highest BCUT2D eigenvalue weighted by molar-refractivity contribution is 5.85. The first-order valence-corrected chi connectivity index (χ1v) is 14.7. The summed E-state index contributed by atoms with van der Waals surface area (Å²) < 4.78 is 35.8. The molecule has 11 nitrogen and oxygen atoms in total. The number of rotatable bonds is 3. The van der Waals surface area contributed by atoms with E-state index in [0.717, 1.165) is 6.42 Å². The first-order valence-electron chi connectivity index (χ1n) is 14.7. The topological polar surface area (TPSA) is 139 Å². The van der Waals surface area contributed by atoms with Crippen LogP contribution < -0.4 is 5.32 Å². The van der Waals surface area contributed by atoms with Crippen LogP contribution in [0.5, 0.6) is 0 Å². The molecule has 1 N–H and O–H groups in total. The molecule has 2 aliphatic carbocycles. The van der Waals surface area contributed by atoms with Crippen LogP contribution in [0.4, 0.5) is 0 Å². The Morgan fingerprint density at radius 2 is 1.81 bits per heavy atom. The predicted molar refractivity (Wildman–Crippen MR) is 148 cm³/mol. The van der Waals surface area contributed by atoms with Gasteiger partial charge in [0.1, 0.15) is 24.4 Å². The van der Waals surface area contributed by atoms with Gasteiger partial charge in [0.25, 0.3) is 0 Å². The fourth-order valence-corrected chi connectivity index (χ4v) is 7.15. The number of hydrogen-bond acceptors (Lipinski definition) is 11. The molecule has 9 atom stereocenters. The van der Waals surface area contributed by atoms with Gasteiger partial charge in [-0.05, 0) is 40.2 Å². The zero-order valence-corrected chi connectivity index (χ0v) is 24.9. The molecule has 0 aromatic carbocycles. The molecule has 2 spiro atoms. The molecule has 42 heavy (non-hydrogen) atoms. The Hall–Kier alpha value is -3.02. The molecule has 1 unspecified atom stereocenters. The Morgan fingerprint density at radius 3 is 2.50 bits per heavy atom. The quantitative estimate of drug-likeness (QED) is 0.225. The molecule has 3 aliphatic heterocycles. The van der Waals surface area contributed by atoms with E-state index in [1.807, 2.05) is 6.92 Å². The number of nitrogens with one attached hydrogen (secondary N) is 1. The van der Waals surface area contributed by atoms with Gasteiger partial charge in [0.05, 0.1) is 30.8 Å². The van der Waals surface area contributed by atoms with Crippen LogP contribution in [0.1, 0.15) is 53.4 Å². The molecule has 2 bridgehead atoms. The standard InChI is InChI=1S/C31H41NO10/c1-18-10-12-30-16-38-28(36)26(42-27(35)20(3)32-5)19(2)11-13-37-24(33)8-6-7-9-25(34)41-21-15-23(40-22(30)14-18)31(17-39-31)29(21,30)4/h6-9,14,19-23,26,32H,10-13,15-17H2,1-5H3/b8-6+,9-7-/t19-,20+,21-,22?,23-,26+,29-,30-,31+/m1/s1. The second-order valence-electron chi connectivity index (χ2n) is 12.4. The molecule has 2 saturated heterocycles. The van der Waals surface area contributed by atoms with E-state index in [1.165, 1.54) is 29.9 Å². The van der Waals surface area contributed by atoms with Gasteiger partial charge in [0, 0.05) is 29.9 Å². The van der Waals surface area contributed by atoms with E-state index in [-0.39, 0.29) is 25.7 Å². The van der Waals surface area contributed by atoms with Gasteiger partial charge in [-0.25, -0.2) is 14.4 Å². The minimum absolute atomic E-state index is 0.00999. The number of allylic oxidation sites excluding steroid dienone is 3. The van der Waals surface area contributed by atoms with Crippen LogP contribution in [-0.4, -0.2) is 86.8 Å². The summed E-state index contributed by atoms with van der Waals surface area (Å²) in [5, 5.41) is 2.82. The van der Waals surface area contributed by atoms with Crippen LogP contribution in [0.3, 0.4) is 0 Å². The van der Waals surface area contributed by atoms with E-state index in [2.05, 4.69) is 18.3 Å². The first-order chi connectivity index (χ1) is 20.0. The van der Waals surface area contributed by atoms with Crippen LogP contribution in [-0.2, 0) is 47.6 Å². The molecule has 230 valence electrons. The lowest BCUT2D eigenvalue weighted by atomic mass is 9.51. The van der Waals surface area contributed by atoms with Crippen molar-refractivity contribution >= 4 is 23.9 Å². The summed E-state index contributed by atoms with van der Waals surface area (Å²) in [5.41, 5.74) is -1.00. The van der Waals surface area contributed by atoms with Gasteiger partial charge >= 0.3 is 23.9 Å². The molecule has 3 heterocycles. The fraction of sp³-hybridized carbons (Fsp3) is 0.677. The monoisotopic (exact) mass is 587 g/mol. The van der Waals surface area contributed by atoms with Crippen molar-refractivity contribution in [2.45, 2.75) is 89.4 Å². The Balaban J connectivity index is 1.52. The molecule has 0 aromatic rings. The minimum Gasteiger partial charge on any atom is -0.463 e. The summed E-state index contributed by atoms with van der Waals surface area (Å²) in [6.07, 6.45) is 6.97. The van der Waals surface area contributed by atoms with Crippen molar-refractivity contribution in [3.05, 3.63) is 36.0 Å². The zero-order chi connectivity index (χ0) is 30.3. The van der Waals surface area contributed by atoms with Gasteiger partial charge in [0.2, 0.25) is 6.10 Å². The fourth-order valence-electron chi connectivity index (χ4n) is 7.15. The SMILES string of the molecule is CN[C@@H](C)C(=O)O[C@@H]1C(=O)OC[C@]23CCC(C)=CC2O[C@@H]2C[C@@H](OC(=O)/C=C\C=C\C(=O)OCC[C@H]1C)[C@@]3(C)[C@]21CO1. The summed E-state index contributed by atoms with van der Waals surface area (Å²) in [5.74, 6) is -2.98. The van der Waals surface area contributed by atoms with Crippen LogP contribution in [0.15, 0.2) is 36.0 Å². The van der Waals surface area contributed by atoms with E-state index in [1.54, 1.807) is 20.9 Å². The number of hydrogen-bond donors (Lipinski definition) is 1. The molecule has 5 aliphatic rings. The van der Waals surface area contributed by atoms with Crippen molar-refractivity contribution in [1.82, 2.24) is 5.32 Å². The van der Waals surface area contributed by atoms with Crippen LogP contribution in [0.2, 0.25) is 0 Å². The number of epoxide rings is 1. The van der Waals surface area contributed by atoms with Crippen LogP contribution in [0, 0.1) is 16.7 Å². The molecule has 1 saturated carbocycles. The van der Waals surface area contributed by atoms with Gasteiger partial charge in [0.15, 0.2) is 0 Å². The Labute approximate surface area is 245 Å². The molecule has 0 aromatic heterocycles. The molecule has 0 radical (unpaired) electrons. The summed E-state index contributed by atoms with van der Waals surface area (Å²) in [6, 6.07) is -0.646. The summed E-state index contributed by atoms with van der Waals surface area (Å²) in [4.78, 5) is 51.6. The summed E-state index contributed by atoms with van der Waals surface area (Å²) >= 11 is 0. The third-order valence-corrected chi connectivity index (χ3v) is 10.1. The summed E-state index contributed by atoms with van der Waals surface area (Å²) in [7, 11) is 1.62. The van der Waals surface area contributed by atoms with E-state index in [9.17, 15) is 19.2 Å². The van der Waals surface area contributed by atoms with E-state index in [0.29, 0.717) is 19.4 Å². The Morgan fingerprint density at radius 1 is 1.10 bits per heavy atom. The van der Waals surface area contributed by atoms with Gasteiger partial charge in [-0.3, -0.25) is 4.79 Å². The maximum atomic E-state index is 13.7. The normalized spacial score (nSPS) is 42.5. The molecular formula is C31H41NO10. The van der Waals surface area contributed by atoms with E-state index >= 15 is 0 Å². The van der Waals surface area contributed by atoms with Gasteiger partial charge in [-0.2, -0.15) is 0 Å². The highest BCUT2D eigenvalue weighted by atomic mass is 16.6.